The number of fused-ring (bicyclic) bond motifs is 3. The highest BCUT2D eigenvalue weighted by atomic mass is 32.2. The summed E-state index contributed by atoms with van der Waals surface area (Å²) in [6, 6.07) is 12.7. The lowest BCUT2D eigenvalue weighted by Gasteiger charge is -2.21. The number of aromatic nitrogens is 2. The highest BCUT2D eigenvalue weighted by Crippen LogP contribution is 2.36. The molecule has 214 valence electrons. The highest BCUT2D eigenvalue weighted by molar-refractivity contribution is 7.99. The number of phenolic OH excluding ortho intramolecular Hbond substituents is 1. The predicted molar refractivity (Wildman–Crippen MR) is 167 cm³/mol. The van der Waals surface area contributed by atoms with Crippen LogP contribution in [-0.4, -0.2) is 52.2 Å². The summed E-state index contributed by atoms with van der Waals surface area (Å²) >= 11 is 2.75. The Hall–Kier alpha value is -3.83. The Morgan fingerprint density at radius 1 is 1.20 bits per heavy atom. The van der Waals surface area contributed by atoms with Gasteiger partial charge in [-0.15, -0.1) is 11.3 Å². The van der Waals surface area contributed by atoms with E-state index in [2.05, 4.69) is 29.3 Å². The van der Waals surface area contributed by atoms with Gasteiger partial charge in [0.25, 0.3) is 11.5 Å². The van der Waals surface area contributed by atoms with Crippen LogP contribution >= 0.6 is 23.1 Å². The molecule has 0 aliphatic heterocycles. The van der Waals surface area contributed by atoms with Crippen molar-refractivity contribution in [2.75, 3.05) is 30.3 Å². The van der Waals surface area contributed by atoms with Gasteiger partial charge in [0.2, 0.25) is 0 Å². The standard InChI is InChI=1S/C30H33N5O4S2/c1-4-34(5-2)21-11-10-19(24(36)16-21)17-31-33-26(37)18-40-30-32-28-27(23-8-7-9-25(23)41-28)29(38)35(30)20-12-14-22(15-13-20)39-6-3/h10-17,36H,4-9,18H2,1-3H3,(H,33,37)/b31-17+. The zero-order chi connectivity index (χ0) is 28.9. The molecule has 11 heteroatoms. The van der Waals surface area contributed by atoms with Crippen LogP contribution in [0, 0.1) is 0 Å². The highest BCUT2D eigenvalue weighted by Gasteiger charge is 2.24. The molecule has 5 rings (SSSR count). The van der Waals surface area contributed by atoms with Crippen LogP contribution in [0.5, 0.6) is 11.5 Å². The van der Waals surface area contributed by atoms with E-state index < -0.39 is 0 Å². The average Bonchev–Trinajstić information content (AvgIpc) is 3.56. The number of aromatic hydroxyl groups is 1. The molecule has 9 nitrogen and oxygen atoms in total. The molecule has 0 spiro atoms. The maximum Gasteiger partial charge on any atom is 0.267 e. The number of ether oxygens (including phenoxy) is 1. The number of nitrogens with one attached hydrogen (secondary N) is 1. The van der Waals surface area contributed by atoms with Gasteiger partial charge in [0, 0.05) is 35.3 Å². The molecule has 0 saturated carbocycles. The second-order valence-corrected chi connectivity index (χ2v) is 11.5. The number of thioether (sulfide) groups is 1. The molecule has 0 fully saturated rings. The summed E-state index contributed by atoms with van der Waals surface area (Å²) in [5.41, 5.74) is 5.58. The lowest BCUT2D eigenvalue weighted by Crippen LogP contribution is -2.24. The summed E-state index contributed by atoms with van der Waals surface area (Å²) in [7, 11) is 0. The molecule has 0 radical (unpaired) electrons. The van der Waals surface area contributed by atoms with Crippen molar-refractivity contribution in [1.82, 2.24) is 15.0 Å². The van der Waals surface area contributed by atoms with E-state index in [0.29, 0.717) is 33.2 Å². The first kappa shape index (κ1) is 28.7. The minimum absolute atomic E-state index is 0.00425. The van der Waals surface area contributed by atoms with E-state index in [1.807, 2.05) is 37.3 Å². The van der Waals surface area contributed by atoms with E-state index in [9.17, 15) is 14.7 Å². The number of anilines is 1. The molecule has 0 saturated heterocycles. The SMILES string of the molecule is CCOc1ccc(-n2c(SCC(=O)N/N=C/c3ccc(N(CC)CC)cc3O)nc3sc4c(c3c2=O)CCC4)cc1. The first-order valence-corrected chi connectivity index (χ1v) is 15.6. The Labute approximate surface area is 246 Å². The summed E-state index contributed by atoms with van der Waals surface area (Å²) in [5, 5.41) is 15.6. The van der Waals surface area contributed by atoms with Crippen molar-refractivity contribution in [2.45, 2.75) is 45.2 Å². The molecule has 0 unspecified atom stereocenters. The first-order valence-electron chi connectivity index (χ1n) is 13.8. The Bertz CT molecular complexity index is 1640. The fraction of sp³-hybridized carbons (Fsp3) is 0.333. The van der Waals surface area contributed by atoms with Gasteiger partial charge in [0.15, 0.2) is 5.16 Å². The monoisotopic (exact) mass is 591 g/mol. The number of rotatable bonds is 11. The molecule has 41 heavy (non-hydrogen) atoms. The van der Waals surface area contributed by atoms with E-state index in [1.165, 1.54) is 22.9 Å². The number of carbonyl (C=O) groups is 1. The molecule has 0 atom stereocenters. The molecule has 1 aliphatic rings. The summed E-state index contributed by atoms with van der Waals surface area (Å²) in [5.74, 6) is 0.452. The van der Waals surface area contributed by atoms with Crippen molar-refractivity contribution in [2.24, 2.45) is 5.10 Å². The van der Waals surface area contributed by atoms with Gasteiger partial charge in [0.1, 0.15) is 16.3 Å². The lowest BCUT2D eigenvalue weighted by atomic mass is 10.2. The van der Waals surface area contributed by atoms with Crippen molar-refractivity contribution in [3.05, 3.63) is 68.8 Å². The van der Waals surface area contributed by atoms with Gasteiger partial charge in [0.05, 0.1) is 29.6 Å². The Kier molecular flexibility index (Phi) is 8.94. The second-order valence-electron chi connectivity index (χ2n) is 9.50. The topological polar surface area (TPSA) is 109 Å². The smallest absolute Gasteiger partial charge is 0.267 e. The van der Waals surface area contributed by atoms with Crippen LogP contribution in [0.25, 0.3) is 15.9 Å². The second kappa shape index (κ2) is 12.8. The molecule has 2 aromatic heterocycles. The van der Waals surface area contributed by atoms with Gasteiger partial charge in [-0.1, -0.05) is 11.8 Å². The predicted octanol–water partition coefficient (Wildman–Crippen LogP) is 5.13. The van der Waals surface area contributed by atoms with E-state index in [1.54, 1.807) is 28.0 Å². The lowest BCUT2D eigenvalue weighted by molar-refractivity contribution is -0.118. The molecule has 1 aliphatic carbocycles. The number of benzene rings is 2. The zero-order valence-electron chi connectivity index (χ0n) is 23.3. The van der Waals surface area contributed by atoms with Gasteiger partial charge in [-0.2, -0.15) is 5.10 Å². The fourth-order valence-corrected chi connectivity index (χ4v) is 7.08. The maximum atomic E-state index is 13.8. The number of hydrazone groups is 1. The Morgan fingerprint density at radius 2 is 1.98 bits per heavy atom. The number of carbonyl (C=O) groups excluding carboxylic acids is 1. The van der Waals surface area contributed by atoms with Crippen LogP contribution in [0.2, 0.25) is 0 Å². The number of thiophene rings is 1. The Morgan fingerprint density at radius 3 is 2.68 bits per heavy atom. The number of hydrogen-bond donors (Lipinski definition) is 2. The van der Waals surface area contributed by atoms with E-state index in [0.717, 1.165) is 49.4 Å². The van der Waals surface area contributed by atoms with Crippen LogP contribution in [0.3, 0.4) is 0 Å². The summed E-state index contributed by atoms with van der Waals surface area (Å²) in [6.07, 6.45) is 4.32. The number of aryl methyl sites for hydroxylation is 2. The average molecular weight is 592 g/mol. The van der Waals surface area contributed by atoms with Crippen molar-refractivity contribution in [3.8, 4) is 17.2 Å². The summed E-state index contributed by atoms with van der Waals surface area (Å²) in [6.45, 7) is 8.25. The molecule has 4 aromatic rings. The van der Waals surface area contributed by atoms with Crippen molar-refractivity contribution < 1.29 is 14.6 Å². The molecule has 2 aromatic carbocycles. The van der Waals surface area contributed by atoms with Crippen LogP contribution in [0.1, 0.15) is 43.2 Å². The quantitative estimate of drug-likeness (QED) is 0.108. The first-order chi connectivity index (χ1) is 19.9. The van der Waals surface area contributed by atoms with Gasteiger partial charge < -0.3 is 14.7 Å². The zero-order valence-corrected chi connectivity index (χ0v) is 25.0. The Balaban J connectivity index is 1.34. The number of hydrogen-bond acceptors (Lipinski definition) is 9. The van der Waals surface area contributed by atoms with E-state index in [-0.39, 0.29) is 23.0 Å². The van der Waals surface area contributed by atoms with Gasteiger partial charge >= 0.3 is 0 Å². The third kappa shape index (κ3) is 6.11. The van der Waals surface area contributed by atoms with Crippen LogP contribution < -0.4 is 20.6 Å². The van der Waals surface area contributed by atoms with Crippen molar-refractivity contribution >= 4 is 51.1 Å². The van der Waals surface area contributed by atoms with Gasteiger partial charge in [-0.3, -0.25) is 14.2 Å². The normalized spacial score (nSPS) is 12.7. The van der Waals surface area contributed by atoms with Crippen LogP contribution in [0.15, 0.2) is 57.5 Å². The number of phenols is 1. The molecule has 2 N–H and O–H groups in total. The third-order valence-corrected chi connectivity index (χ3v) is 9.11. The summed E-state index contributed by atoms with van der Waals surface area (Å²) < 4.78 is 7.15. The van der Waals surface area contributed by atoms with Gasteiger partial charge in [-0.05, 0) is 82.0 Å². The van der Waals surface area contributed by atoms with Crippen molar-refractivity contribution in [1.29, 1.82) is 0 Å². The number of amides is 1. The van der Waals surface area contributed by atoms with Crippen molar-refractivity contribution in [3.63, 3.8) is 0 Å². The molecule has 0 bridgehead atoms. The molecule has 1 amide bonds. The largest absolute Gasteiger partial charge is 0.507 e. The van der Waals surface area contributed by atoms with Crippen LogP contribution in [-0.2, 0) is 17.6 Å². The van der Waals surface area contributed by atoms with E-state index >= 15 is 0 Å². The third-order valence-electron chi connectivity index (χ3n) is 6.98. The van der Waals surface area contributed by atoms with Crippen LogP contribution in [0.4, 0.5) is 5.69 Å². The molecular formula is C30H33N5O4S2. The fourth-order valence-electron chi connectivity index (χ4n) is 4.97. The number of nitrogens with zero attached hydrogens (tertiary/aromatic N) is 4. The minimum atomic E-state index is -0.355. The minimum Gasteiger partial charge on any atom is -0.507 e. The molecular weight excluding hydrogens is 558 g/mol. The van der Waals surface area contributed by atoms with E-state index in [4.69, 9.17) is 9.72 Å². The molecule has 2 heterocycles. The maximum absolute atomic E-state index is 13.8. The summed E-state index contributed by atoms with van der Waals surface area (Å²) in [4.78, 5) is 35.4. The van der Waals surface area contributed by atoms with Gasteiger partial charge in [-0.25, -0.2) is 10.4 Å².